The van der Waals surface area contributed by atoms with Gasteiger partial charge in [0.1, 0.15) is 5.82 Å². The van der Waals surface area contributed by atoms with Crippen LogP contribution in [0.4, 0.5) is 18.9 Å². The van der Waals surface area contributed by atoms with E-state index < -0.39 is 36.7 Å². The quantitative estimate of drug-likeness (QED) is 0.878. The van der Waals surface area contributed by atoms with Gasteiger partial charge in [-0.15, -0.1) is 0 Å². The molecule has 1 aliphatic rings. The second-order valence-electron chi connectivity index (χ2n) is 4.11. The molecule has 1 amide bonds. The number of carbonyl (C=O) groups is 1. The maximum absolute atomic E-state index is 13.0. The van der Waals surface area contributed by atoms with Crippen molar-refractivity contribution in [2.45, 2.75) is 18.4 Å². The molecule has 2 N–H and O–H groups in total. The molecule has 1 unspecified atom stereocenters. The highest BCUT2D eigenvalue weighted by Crippen LogP contribution is 2.26. The summed E-state index contributed by atoms with van der Waals surface area (Å²) in [5, 5.41) is 4.90. The van der Waals surface area contributed by atoms with E-state index in [9.17, 15) is 18.0 Å². The van der Waals surface area contributed by atoms with Crippen molar-refractivity contribution in [3.8, 4) is 0 Å². The van der Waals surface area contributed by atoms with Crippen LogP contribution in [0.5, 0.6) is 0 Å². The van der Waals surface area contributed by atoms with Crippen LogP contribution in [-0.2, 0) is 4.79 Å². The van der Waals surface area contributed by atoms with Gasteiger partial charge in [-0.3, -0.25) is 10.1 Å². The third-order valence-electron chi connectivity index (χ3n) is 2.61. The van der Waals surface area contributed by atoms with Crippen LogP contribution in [0.15, 0.2) is 22.7 Å². The van der Waals surface area contributed by atoms with Gasteiger partial charge in [0, 0.05) is 12.1 Å². The van der Waals surface area contributed by atoms with Crippen molar-refractivity contribution >= 4 is 27.5 Å². The molecule has 1 fully saturated rings. The van der Waals surface area contributed by atoms with Crippen LogP contribution in [0.1, 0.15) is 6.42 Å². The first-order valence-corrected chi connectivity index (χ1v) is 6.04. The first-order chi connectivity index (χ1) is 8.37. The summed E-state index contributed by atoms with van der Waals surface area (Å²) in [6.45, 7) is -0.502. The van der Waals surface area contributed by atoms with E-state index in [-0.39, 0.29) is 4.47 Å². The second kappa shape index (κ2) is 4.89. The Morgan fingerprint density at radius 3 is 2.78 bits per heavy atom. The summed E-state index contributed by atoms with van der Waals surface area (Å²) in [6, 6.07) is 2.99. The zero-order valence-electron chi connectivity index (χ0n) is 9.14. The number of hydrogen-bond donors (Lipinski definition) is 2. The Balaban J connectivity index is 2.01. The number of amides is 1. The normalized spacial score (nSPS) is 21.9. The van der Waals surface area contributed by atoms with Crippen molar-refractivity contribution in [1.82, 2.24) is 5.32 Å². The lowest BCUT2D eigenvalue weighted by molar-refractivity contribution is -0.118. The van der Waals surface area contributed by atoms with Gasteiger partial charge in [-0.1, -0.05) is 0 Å². The van der Waals surface area contributed by atoms with E-state index in [4.69, 9.17) is 0 Å². The number of nitrogens with one attached hydrogen (secondary N) is 2. The standard InChI is InChI=1S/C11H10BrF3N2O/c12-7-3-6(1-2-8(7)13)17-10(18)9-4-11(14,15)5-16-9/h1-3,9,16H,4-5H2,(H,17,18). The minimum Gasteiger partial charge on any atom is -0.325 e. The largest absolute Gasteiger partial charge is 0.325 e. The molecule has 18 heavy (non-hydrogen) atoms. The summed E-state index contributed by atoms with van der Waals surface area (Å²) in [6.07, 6.45) is -0.527. The summed E-state index contributed by atoms with van der Waals surface area (Å²) in [5.74, 6) is -3.87. The van der Waals surface area contributed by atoms with Crippen LogP contribution in [0, 0.1) is 5.82 Å². The molecule has 1 saturated heterocycles. The number of benzene rings is 1. The van der Waals surface area contributed by atoms with Crippen LogP contribution >= 0.6 is 15.9 Å². The number of rotatable bonds is 2. The topological polar surface area (TPSA) is 41.1 Å². The Morgan fingerprint density at radius 2 is 2.22 bits per heavy atom. The fourth-order valence-electron chi connectivity index (χ4n) is 1.70. The average Bonchev–Trinajstić information content (AvgIpc) is 2.64. The maximum atomic E-state index is 13.0. The second-order valence-corrected chi connectivity index (χ2v) is 4.97. The summed E-state index contributed by atoms with van der Waals surface area (Å²) in [4.78, 5) is 11.7. The van der Waals surface area contributed by atoms with Gasteiger partial charge in [-0.25, -0.2) is 13.2 Å². The molecule has 2 rings (SSSR count). The molecule has 0 saturated carbocycles. The predicted molar refractivity (Wildman–Crippen MR) is 64.1 cm³/mol. The van der Waals surface area contributed by atoms with Gasteiger partial charge in [0.2, 0.25) is 5.91 Å². The van der Waals surface area contributed by atoms with Gasteiger partial charge >= 0.3 is 0 Å². The number of alkyl halides is 2. The van der Waals surface area contributed by atoms with Crippen molar-refractivity contribution in [3.05, 3.63) is 28.5 Å². The molecule has 3 nitrogen and oxygen atoms in total. The number of carbonyl (C=O) groups excluding carboxylic acids is 1. The number of halogens is 4. The Bertz CT molecular complexity index is 481. The van der Waals surface area contributed by atoms with E-state index in [0.29, 0.717) is 5.69 Å². The van der Waals surface area contributed by atoms with Gasteiger partial charge in [0.15, 0.2) is 0 Å². The first-order valence-electron chi connectivity index (χ1n) is 5.24. The summed E-state index contributed by atoms with van der Waals surface area (Å²) in [5.41, 5.74) is 0.352. The van der Waals surface area contributed by atoms with Crippen LogP contribution < -0.4 is 10.6 Å². The third-order valence-corrected chi connectivity index (χ3v) is 3.22. The monoisotopic (exact) mass is 322 g/mol. The molecule has 0 aromatic heterocycles. The molecule has 1 aliphatic heterocycles. The lowest BCUT2D eigenvalue weighted by atomic mass is 10.2. The van der Waals surface area contributed by atoms with E-state index in [1.807, 2.05) is 0 Å². The Morgan fingerprint density at radius 1 is 1.50 bits per heavy atom. The van der Waals surface area contributed by atoms with Crippen LogP contribution in [0.25, 0.3) is 0 Å². The molecule has 98 valence electrons. The van der Waals surface area contributed by atoms with Crippen molar-refractivity contribution in [2.24, 2.45) is 0 Å². The fourth-order valence-corrected chi connectivity index (χ4v) is 2.08. The van der Waals surface area contributed by atoms with Crippen molar-refractivity contribution < 1.29 is 18.0 Å². The SMILES string of the molecule is O=C(Nc1ccc(F)c(Br)c1)C1CC(F)(F)CN1. The van der Waals surface area contributed by atoms with Gasteiger partial charge in [0.25, 0.3) is 5.92 Å². The number of hydrogen-bond acceptors (Lipinski definition) is 2. The highest BCUT2D eigenvalue weighted by Gasteiger charge is 2.42. The van der Waals surface area contributed by atoms with E-state index >= 15 is 0 Å². The lowest BCUT2D eigenvalue weighted by Crippen LogP contribution is -2.35. The first kappa shape index (κ1) is 13.4. The van der Waals surface area contributed by atoms with Gasteiger partial charge in [-0.05, 0) is 34.1 Å². The Kier molecular flexibility index (Phi) is 3.63. The summed E-state index contributed by atoms with van der Waals surface area (Å²) >= 11 is 2.98. The lowest BCUT2D eigenvalue weighted by Gasteiger charge is -2.11. The van der Waals surface area contributed by atoms with Crippen LogP contribution in [0.2, 0.25) is 0 Å². The van der Waals surface area contributed by atoms with Gasteiger partial charge < -0.3 is 5.32 Å². The summed E-state index contributed by atoms with van der Waals surface area (Å²) < 4.78 is 39.0. The van der Waals surface area contributed by atoms with E-state index in [0.717, 1.165) is 0 Å². The molecule has 0 bridgehead atoms. The average molecular weight is 323 g/mol. The van der Waals surface area contributed by atoms with E-state index in [1.165, 1.54) is 18.2 Å². The van der Waals surface area contributed by atoms with E-state index in [1.54, 1.807) is 0 Å². The summed E-state index contributed by atoms with van der Waals surface area (Å²) in [7, 11) is 0. The number of anilines is 1. The highest BCUT2D eigenvalue weighted by atomic mass is 79.9. The van der Waals surface area contributed by atoms with Gasteiger partial charge in [0.05, 0.1) is 17.1 Å². The molecule has 1 aromatic carbocycles. The highest BCUT2D eigenvalue weighted by molar-refractivity contribution is 9.10. The maximum Gasteiger partial charge on any atom is 0.262 e. The molecular formula is C11H10BrF3N2O. The molecule has 0 radical (unpaired) electrons. The fraction of sp³-hybridized carbons (Fsp3) is 0.364. The molecule has 0 spiro atoms. The molecular weight excluding hydrogens is 313 g/mol. The third kappa shape index (κ3) is 3.02. The van der Waals surface area contributed by atoms with Gasteiger partial charge in [-0.2, -0.15) is 0 Å². The van der Waals surface area contributed by atoms with E-state index in [2.05, 4.69) is 26.6 Å². The minimum atomic E-state index is -2.86. The van der Waals surface area contributed by atoms with Crippen molar-refractivity contribution in [3.63, 3.8) is 0 Å². The smallest absolute Gasteiger partial charge is 0.262 e. The van der Waals surface area contributed by atoms with Crippen molar-refractivity contribution in [2.75, 3.05) is 11.9 Å². The molecule has 7 heteroatoms. The molecule has 1 aromatic rings. The molecule has 1 atom stereocenters. The van der Waals surface area contributed by atoms with Crippen LogP contribution in [0.3, 0.4) is 0 Å². The minimum absolute atomic E-state index is 0.199. The Hall–Kier alpha value is -1.08. The zero-order valence-corrected chi connectivity index (χ0v) is 10.7. The van der Waals surface area contributed by atoms with Crippen molar-refractivity contribution in [1.29, 1.82) is 0 Å². The predicted octanol–water partition coefficient (Wildman–Crippen LogP) is 2.52. The zero-order chi connectivity index (χ0) is 13.3. The Labute approximate surface area is 110 Å². The molecule has 1 heterocycles. The van der Waals surface area contributed by atoms with Crippen LogP contribution in [-0.4, -0.2) is 24.4 Å². The molecule has 0 aliphatic carbocycles.